The number of nitrogens with one attached hydrogen (secondary N) is 1. The Kier molecular flexibility index (Phi) is 11.3. The molecular formula is C38H29F5N2O6S. The molecule has 0 saturated carbocycles. The summed E-state index contributed by atoms with van der Waals surface area (Å²) in [6, 6.07) is 24.5. The van der Waals surface area contributed by atoms with Crippen molar-refractivity contribution in [1.29, 1.82) is 0 Å². The van der Waals surface area contributed by atoms with Crippen LogP contribution in [0.1, 0.15) is 61.8 Å². The third-order valence-electron chi connectivity index (χ3n) is 8.36. The van der Waals surface area contributed by atoms with E-state index in [1.54, 1.807) is 30.3 Å². The first kappa shape index (κ1) is 36.6. The quantitative estimate of drug-likeness (QED) is 0.0543. The minimum atomic E-state index is -2.35. The van der Waals surface area contributed by atoms with E-state index in [0.29, 0.717) is 33.9 Å². The molecule has 8 nitrogen and oxygen atoms in total. The zero-order valence-corrected chi connectivity index (χ0v) is 27.8. The first-order valence-electron chi connectivity index (χ1n) is 15.8. The van der Waals surface area contributed by atoms with Crippen LogP contribution < -0.4 is 5.32 Å². The van der Waals surface area contributed by atoms with Crippen molar-refractivity contribution in [1.82, 2.24) is 10.3 Å². The number of hydrogen-bond acceptors (Lipinski definition) is 7. The summed E-state index contributed by atoms with van der Waals surface area (Å²) in [6.45, 7) is -0.365. The van der Waals surface area contributed by atoms with Crippen LogP contribution in [0.3, 0.4) is 0 Å². The van der Waals surface area contributed by atoms with Crippen LogP contribution in [0.5, 0.6) is 0 Å². The second kappa shape index (κ2) is 16.0. The normalized spacial score (nSPS) is 17.2. The highest BCUT2D eigenvalue weighted by atomic mass is 32.2. The van der Waals surface area contributed by atoms with E-state index in [-0.39, 0.29) is 30.9 Å². The number of nitrogens with zero attached hydrogens (tertiary/aromatic N) is 1. The lowest BCUT2D eigenvalue weighted by Crippen LogP contribution is -2.31. The number of carbonyl (C=O) groups excluding carboxylic acids is 1. The average molecular weight is 737 g/mol. The molecular weight excluding hydrogens is 707 g/mol. The van der Waals surface area contributed by atoms with E-state index in [1.807, 2.05) is 48.5 Å². The van der Waals surface area contributed by atoms with Crippen molar-refractivity contribution in [3.8, 4) is 11.1 Å². The van der Waals surface area contributed by atoms with Crippen LogP contribution in [0.15, 0.2) is 96.2 Å². The number of carboxylic acids is 1. The number of aliphatic hydroxyl groups excluding tert-OH is 1. The van der Waals surface area contributed by atoms with E-state index in [1.165, 1.54) is 24.0 Å². The van der Waals surface area contributed by atoms with Gasteiger partial charge < -0.3 is 25.0 Å². The molecule has 0 unspecified atom stereocenters. The van der Waals surface area contributed by atoms with Gasteiger partial charge >= 0.3 is 5.97 Å². The van der Waals surface area contributed by atoms with Gasteiger partial charge in [0, 0.05) is 30.5 Å². The molecule has 1 aromatic heterocycles. The highest BCUT2D eigenvalue weighted by Gasteiger charge is 2.33. The molecule has 0 radical (unpaired) electrons. The van der Waals surface area contributed by atoms with Gasteiger partial charge in [-0.15, -0.1) is 11.8 Å². The van der Waals surface area contributed by atoms with E-state index in [2.05, 4.69) is 10.3 Å². The number of carboxylic acid groups (broad SMARTS) is 1. The standard InChI is InChI=1S/C38H29F5N2O6S/c39-30-29(31(40)33(42)34(43)32(30)41)35(47)45-17-21-3-1-4-25(15-21)22-10-12-24(13-11-22)38-50-26(19-52-36-27(37(48)49)5-2-14-44-36)16-28(51-38)23-8-6-20(18-46)7-9-23/h1-15,26,28,38,46H,16-19H2,(H,45,47)(H,48,49)/t26-,28+,38+/m0/s1. The van der Waals surface area contributed by atoms with Gasteiger partial charge in [-0.3, -0.25) is 4.79 Å². The Morgan fingerprint density at radius 3 is 2.13 bits per heavy atom. The van der Waals surface area contributed by atoms with Crippen molar-refractivity contribution in [3.05, 3.63) is 154 Å². The molecule has 3 N–H and O–H groups in total. The van der Waals surface area contributed by atoms with Crippen molar-refractivity contribution in [2.75, 3.05) is 5.75 Å². The third kappa shape index (κ3) is 8.00. The van der Waals surface area contributed by atoms with Gasteiger partial charge in [0.15, 0.2) is 29.6 Å². The molecule has 14 heteroatoms. The van der Waals surface area contributed by atoms with Gasteiger partial charge in [-0.2, -0.15) is 0 Å². The first-order valence-corrected chi connectivity index (χ1v) is 16.8. The van der Waals surface area contributed by atoms with E-state index < -0.39 is 52.8 Å². The maximum absolute atomic E-state index is 14.1. The number of carbonyl (C=O) groups is 2. The highest BCUT2D eigenvalue weighted by Crippen LogP contribution is 2.40. The van der Waals surface area contributed by atoms with E-state index >= 15 is 0 Å². The molecule has 4 aromatic carbocycles. The lowest BCUT2D eigenvalue weighted by Gasteiger charge is -2.36. The first-order chi connectivity index (χ1) is 25.0. The molecule has 268 valence electrons. The number of thioether (sulfide) groups is 1. The van der Waals surface area contributed by atoms with Crippen LogP contribution in [0.2, 0.25) is 0 Å². The fourth-order valence-corrected chi connectivity index (χ4v) is 6.64. The number of benzene rings is 4. The Labute approximate surface area is 298 Å². The van der Waals surface area contributed by atoms with Gasteiger partial charge in [-0.25, -0.2) is 31.7 Å². The van der Waals surface area contributed by atoms with Crippen LogP contribution in [0.4, 0.5) is 22.0 Å². The number of amides is 1. The summed E-state index contributed by atoms with van der Waals surface area (Å²) in [4.78, 5) is 28.4. The molecule has 0 spiro atoms. The van der Waals surface area contributed by atoms with Crippen LogP contribution in [-0.2, 0) is 22.6 Å². The summed E-state index contributed by atoms with van der Waals surface area (Å²) in [6.07, 6.45) is 0.481. The summed E-state index contributed by atoms with van der Waals surface area (Å²) >= 11 is 1.27. The van der Waals surface area contributed by atoms with E-state index in [4.69, 9.17) is 9.47 Å². The second-order valence-corrected chi connectivity index (χ2v) is 12.8. The molecule has 1 aliphatic heterocycles. The fourth-order valence-electron chi connectivity index (χ4n) is 5.63. The number of hydrogen-bond donors (Lipinski definition) is 3. The number of ether oxygens (including phenoxy) is 2. The SMILES string of the molecule is O=C(O)c1cccnc1SC[C@@H]1C[C@H](c2ccc(CO)cc2)O[C@H](c2ccc(-c3cccc(CNC(=O)c4c(F)c(F)c(F)c(F)c4F)c3)cc2)O1. The predicted molar refractivity (Wildman–Crippen MR) is 180 cm³/mol. The third-order valence-corrected chi connectivity index (χ3v) is 9.49. The Morgan fingerprint density at radius 2 is 1.46 bits per heavy atom. The average Bonchev–Trinajstić information content (AvgIpc) is 3.18. The molecule has 6 rings (SSSR count). The molecule has 0 bridgehead atoms. The number of aromatic carboxylic acids is 1. The minimum absolute atomic E-state index is 0.0933. The monoisotopic (exact) mass is 736 g/mol. The zero-order chi connectivity index (χ0) is 36.9. The molecule has 0 aliphatic carbocycles. The summed E-state index contributed by atoms with van der Waals surface area (Å²) in [7, 11) is 0. The van der Waals surface area contributed by atoms with Gasteiger partial charge in [0.1, 0.15) is 10.6 Å². The lowest BCUT2D eigenvalue weighted by molar-refractivity contribution is -0.245. The minimum Gasteiger partial charge on any atom is -0.478 e. The topological polar surface area (TPSA) is 118 Å². The second-order valence-electron chi connectivity index (χ2n) is 11.8. The molecule has 1 saturated heterocycles. The Bertz CT molecular complexity index is 2070. The van der Waals surface area contributed by atoms with Crippen LogP contribution in [0.25, 0.3) is 11.1 Å². The highest BCUT2D eigenvalue weighted by molar-refractivity contribution is 7.99. The molecule has 52 heavy (non-hydrogen) atoms. The van der Waals surface area contributed by atoms with Gasteiger partial charge in [0.05, 0.1) is 24.4 Å². The largest absolute Gasteiger partial charge is 0.478 e. The van der Waals surface area contributed by atoms with E-state index in [9.17, 15) is 41.8 Å². The van der Waals surface area contributed by atoms with Crippen molar-refractivity contribution in [3.63, 3.8) is 0 Å². The maximum atomic E-state index is 14.1. The smallest absolute Gasteiger partial charge is 0.338 e. The molecule has 1 aliphatic rings. The molecule has 2 heterocycles. The summed E-state index contributed by atoms with van der Waals surface area (Å²) in [5.74, 6) is -13.3. The fraction of sp³-hybridized carbons (Fsp3) is 0.184. The zero-order valence-electron chi connectivity index (χ0n) is 27.0. The lowest BCUT2D eigenvalue weighted by atomic mass is 9.99. The summed E-state index contributed by atoms with van der Waals surface area (Å²) in [5.41, 5.74) is 2.81. The Hall–Kier alpha value is -5.15. The van der Waals surface area contributed by atoms with Crippen molar-refractivity contribution in [2.24, 2.45) is 0 Å². The van der Waals surface area contributed by atoms with Gasteiger partial charge in [0.25, 0.3) is 5.91 Å². The van der Waals surface area contributed by atoms with Gasteiger partial charge in [0.2, 0.25) is 5.82 Å². The Balaban J connectivity index is 1.17. The van der Waals surface area contributed by atoms with Gasteiger partial charge in [-0.05, 0) is 46.0 Å². The molecule has 3 atom stereocenters. The maximum Gasteiger partial charge on any atom is 0.338 e. The van der Waals surface area contributed by atoms with Crippen molar-refractivity contribution >= 4 is 23.6 Å². The molecule has 5 aromatic rings. The van der Waals surface area contributed by atoms with Crippen LogP contribution in [0, 0.1) is 29.1 Å². The predicted octanol–water partition coefficient (Wildman–Crippen LogP) is 7.90. The summed E-state index contributed by atoms with van der Waals surface area (Å²) in [5, 5.41) is 21.6. The Morgan fingerprint density at radius 1 is 0.788 bits per heavy atom. The van der Waals surface area contributed by atoms with Gasteiger partial charge in [-0.1, -0.05) is 66.7 Å². The number of aliphatic hydroxyl groups is 1. The number of pyridine rings is 1. The van der Waals surface area contributed by atoms with Crippen LogP contribution >= 0.6 is 11.8 Å². The van der Waals surface area contributed by atoms with Crippen LogP contribution in [-0.4, -0.2) is 38.9 Å². The van der Waals surface area contributed by atoms with Crippen molar-refractivity contribution < 1.29 is 51.2 Å². The summed E-state index contributed by atoms with van der Waals surface area (Å²) < 4.78 is 81.6. The number of halogens is 5. The molecule has 1 amide bonds. The number of aromatic nitrogens is 1. The van der Waals surface area contributed by atoms with E-state index in [0.717, 1.165) is 16.7 Å². The molecule has 1 fully saturated rings. The number of rotatable bonds is 11. The van der Waals surface area contributed by atoms with Crippen molar-refractivity contribution in [2.45, 2.75) is 43.1 Å².